The molecule has 0 unspecified atom stereocenters. The molecule has 0 saturated carbocycles. The summed E-state index contributed by atoms with van der Waals surface area (Å²) in [5.74, 6) is 0.857. The van der Waals surface area contributed by atoms with Crippen molar-refractivity contribution in [3.8, 4) is 16.8 Å². The first-order valence-corrected chi connectivity index (χ1v) is 10.7. The summed E-state index contributed by atoms with van der Waals surface area (Å²) in [6, 6.07) is 32.0. The van der Waals surface area contributed by atoms with Crippen LogP contribution in [0.1, 0.15) is 0 Å². The van der Waals surface area contributed by atoms with Crippen molar-refractivity contribution in [2.24, 2.45) is 0 Å². The summed E-state index contributed by atoms with van der Waals surface area (Å²) < 4.78 is 2.15. The van der Waals surface area contributed by atoms with Crippen molar-refractivity contribution in [1.29, 1.82) is 0 Å². The highest BCUT2D eigenvalue weighted by molar-refractivity contribution is 5.96. The first-order chi connectivity index (χ1) is 15.7. The molecule has 154 valence electrons. The Hall–Kier alpha value is -4.18. The SMILES string of the molecule is CN(C)c1nc2c(-c3ccc4ccccc4c3)ccnc2n1-c1ccc2ccccc2c1. The summed E-state index contributed by atoms with van der Waals surface area (Å²) in [7, 11) is 4.04. The minimum Gasteiger partial charge on any atom is -0.348 e. The van der Waals surface area contributed by atoms with Gasteiger partial charge < -0.3 is 4.90 Å². The molecule has 0 aliphatic heterocycles. The third kappa shape index (κ3) is 2.92. The summed E-state index contributed by atoms with van der Waals surface area (Å²) in [4.78, 5) is 11.9. The van der Waals surface area contributed by atoms with Gasteiger partial charge in [-0.05, 0) is 51.4 Å². The molecule has 0 saturated heterocycles. The van der Waals surface area contributed by atoms with E-state index >= 15 is 0 Å². The van der Waals surface area contributed by atoms with E-state index in [1.165, 1.54) is 21.5 Å². The zero-order valence-electron chi connectivity index (χ0n) is 18.0. The summed E-state index contributed by atoms with van der Waals surface area (Å²) in [6.45, 7) is 0. The normalized spacial score (nSPS) is 11.4. The van der Waals surface area contributed by atoms with Gasteiger partial charge in [-0.25, -0.2) is 9.97 Å². The predicted octanol–water partition coefficient (Wildman–Crippen LogP) is 6.46. The number of pyridine rings is 1. The van der Waals surface area contributed by atoms with Gasteiger partial charge in [-0.15, -0.1) is 0 Å². The van der Waals surface area contributed by atoms with Crippen LogP contribution in [0, 0.1) is 0 Å². The van der Waals surface area contributed by atoms with Crippen LogP contribution in [-0.4, -0.2) is 28.6 Å². The average Bonchev–Trinajstić information content (AvgIpc) is 3.23. The van der Waals surface area contributed by atoms with Gasteiger partial charge >= 0.3 is 0 Å². The molecule has 2 aromatic heterocycles. The van der Waals surface area contributed by atoms with Crippen molar-refractivity contribution in [2.75, 3.05) is 19.0 Å². The van der Waals surface area contributed by atoms with E-state index in [1.54, 1.807) is 0 Å². The number of nitrogens with zero attached hydrogens (tertiary/aromatic N) is 4. The Morgan fingerprint density at radius 1 is 0.688 bits per heavy atom. The number of imidazole rings is 1. The molecular formula is C28H22N4. The number of aromatic nitrogens is 3. The Morgan fingerprint density at radius 3 is 2.06 bits per heavy atom. The van der Waals surface area contributed by atoms with Crippen molar-refractivity contribution >= 4 is 38.7 Å². The molecule has 4 aromatic carbocycles. The van der Waals surface area contributed by atoms with Crippen molar-refractivity contribution in [1.82, 2.24) is 14.5 Å². The van der Waals surface area contributed by atoms with E-state index in [9.17, 15) is 0 Å². The maximum atomic E-state index is 5.05. The van der Waals surface area contributed by atoms with Crippen molar-refractivity contribution in [3.05, 3.63) is 97.2 Å². The lowest BCUT2D eigenvalue weighted by molar-refractivity contribution is 0.964. The maximum absolute atomic E-state index is 5.05. The lowest BCUT2D eigenvalue weighted by Gasteiger charge is -2.15. The number of benzene rings is 4. The van der Waals surface area contributed by atoms with E-state index in [0.29, 0.717) is 0 Å². The summed E-state index contributed by atoms with van der Waals surface area (Å²) in [5, 5.41) is 4.87. The van der Waals surface area contributed by atoms with Crippen LogP contribution >= 0.6 is 0 Å². The fourth-order valence-corrected chi connectivity index (χ4v) is 4.40. The van der Waals surface area contributed by atoms with Gasteiger partial charge in [0.2, 0.25) is 5.95 Å². The minimum atomic E-state index is 0.856. The van der Waals surface area contributed by atoms with E-state index in [2.05, 4.69) is 95.6 Å². The van der Waals surface area contributed by atoms with Crippen LogP contribution in [0.3, 0.4) is 0 Å². The lowest BCUT2D eigenvalue weighted by Crippen LogP contribution is -2.14. The highest BCUT2D eigenvalue weighted by Gasteiger charge is 2.19. The van der Waals surface area contributed by atoms with E-state index in [-0.39, 0.29) is 0 Å². The molecule has 6 aromatic rings. The fourth-order valence-electron chi connectivity index (χ4n) is 4.40. The van der Waals surface area contributed by atoms with Crippen LogP contribution in [0.25, 0.3) is 49.5 Å². The number of hydrogen-bond acceptors (Lipinski definition) is 3. The van der Waals surface area contributed by atoms with E-state index < -0.39 is 0 Å². The number of rotatable bonds is 3. The van der Waals surface area contributed by atoms with Gasteiger partial charge in [-0.3, -0.25) is 4.57 Å². The topological polar surface area (TPSA) is 34.0 Å². The smallest absolute Gasteiger partial charge is 0.212 e. The Kier molecular flexibility index (Phi) is 4.18. The van der Waals surface area contributed by atoms with Crippen molar-refractivity contribution < 1.29 is 0 Å². The van der Waals surface area contributed by atoms with E-state index in [1.807, 2.05) is 25.2 Å². The number of hydrogen-bond donors (Lipinski definition) is 0. The molecule has 2 heterocycles. The molecule has 6 rings (SSSR count). The molecule has 0 amide bonds. The zero-order valence-corrected chi connectivity index (χ0v) is 18.0. The van der Waals surface area contributed by atoms with Crippen LogP contribution in [0.5, 0.6) is 0 Å². The first kappa shape index (κ1) is 18.6. The molecule has 0 radical (unpaired) electrons. The van der Waals surface area contributed by atoms with Crippen LogP contribution in [0.4, 0.5) is 5.95 Å². The second-order valence-corrected chi connectivity index (χ2v) is 8.27. The predicted molar refractivity (Wildman–Crippen MR) is 134 cm³/mol. The second kappa shape index (κ2) is 7.20. The van der Waals surface area contributed by atoms with Crippen LogP contribution in [-0.2, 0) is 0 Å². The molecule has 0 fully saturated rings. The van der Waals surface area contributed by atoms with Gasteiger partial charge in [0.05, 0.1) is 5.69 Å². The second-order valence-electron chi connectivity index (χ2n) is 8.27. The molecule has 32 heavy (non-hydrogen) atoms. The van der Waals surface area contributed by atoms with Gasteiger partial charge in [-0.2, -0.15) is 0 Å². The van der Waals surface area contributed by atoms with Crippen LogP contribution < -0.4 is 4.90 Å². The summed E-state index contributed by atoms with van der Waals surface area (Å²) in [5.41, 5.74) is 5.04. The molecular weight excluding hydrogens is 392 g/mol. The highest BCUT2D eigenvalue weighted by Crippen LogP contribution is 2.34. The first-order valence-electron chi connectivity index (χ1n) is 10.7. The van der Waals surface area contributed by atoms with Crippen molar-refractivity contribution in [2.45, 2.75) is 0 Å². The van der Waals surface area contributed by atoms with Gasteiger partial charge in [0, 0.05) is 25.9 Å². The quantitative estimate of drug-likeness (QED) is 0.333. The van der Waals surface area contributed by atoms with Crippen LogP contribution in [0.2, 0.25) is 0 Å². The summed E-state index contributed by atoms with van der Waals surface area (Å²) in [6.07, 6.45) is 1.88. The molecule has 0 aliphatic rings. The number of fused-ring (bicyclic) bond motifs is 3. The average molecular weight is 415 g/mol. The Morgan fingerprint density at radius 2 is 1.34 bits per heavy atom. The van der Waals surface area contributed by atoms with Crippen molar-refractivity contribution in [3.63, 3.8) is 0 Å². The lowest BCUT2D eigenvalue weighted by atomic mass is 10.0. The Bertz CT molecular complexity index is 1610. The standard InChI is InChI=1S/C28H22N4/c1-31(2)28-30-26-25(23-12-11-19-7-3-5-9-21(19)17-23)15-16-29-27(26)32(28)24-14-13-20-8-4-6-10-22(20)18-24/h3-18H,1-2H3. The highest BCUT2D eigenvalue weighted by atomic mass is 15.3. The monoisotopic (exact) mass is 414 g/mol. The zero-order chi connectivity index (χ0) is 21.7. The molecule has 4 nitrogen and oxygen atoms in total. The van der Waals surface area contributed by atoms with Gasteiger partial charge in [0.25, 0.3) is 0 Å². The minimum absolute atomic E-state index is 0.856. The Balaban J connectivity index is 1.61. The fraction of sp³-hybridized carbons (Fsp3) is 0.0714. The molecule has 0 N–H and O–H groups in total. The van der Waals surface area contributed by atoms with Gasteiger partial charge in [0.15, 0.2) is 5.65 Å². The van der Waals surface area contributed by atoms with E-state index in [0.717, 1.165) is 33.9 Å². The third-order valence-corrected chi connectivity index (χ3v) is 5.98. The van der Waals surface area contributed by atoms with Crippen LogP contribution in [0.15, 0.2) is 97.2 Å². The Labute approximate surface area is 186 Å². The van der Waals surface area contributed by atoms with Gasteiger partial charge in [-0.1, -0.05) is 66.7 Å². The number of anilines is 1. The third-order valence-electron chi connectivity index (χ3n) is 5.98. The largest absolute Gasteiger partial charge is 0.348 e. The molecule has 0 bridgehead atoms. The molecule has 0 spiro atoms. The van der Waals surface area contributed by atoms with Gasteiger partial charge in [0.1, 0.15) is 5.52 Å². The maximum Gasteiger partial charge on any atom is 0.212 e. The molecule has 0 aliphatic carbocycles. The summed E-state index contributed by atoms with van der Waals surface area (Å²) >= 11 is 0. The molecule has 4 heteroatoms. The molecule has 0 atom stereocenters. The van der Waals surface area contributed by atoms with E-state index in [4.69, 9.17) is 9.97 Å².